The van der Waals surface area contributed by atoms with Crippen LogP contribution >= 0.6 is 11.3 Å². The Morgan fingerprint density at radius 2 is 2.33 bits per heavy atom. The Balaban J connectivity index is 1.61. The van der Waals surface area contributed by atoms with E-state index in [0.717, 1.165) is 37.0 Å². The summed E-state index contributed by atoms with van der Waals surface area (Å²) in [6.45, 7) is 2.81. The maximum absolute atomic E-state index is 5.12. The molecule has 2 heterocycles. The van der Waals surface area contributed by atoms with Crippen LogP contribution in [0.15, 0.2) is 17.8 Å². The van der Waals surface area contributed by atoms with Crippen molar-refractivity contribution in [2.24, 2.45) is 11.8 Å². The van der Waals surface area contributed by atoms with E-state index in [-0.39, 0.29) is 0 Å². The number of aromatic nitrogens is 2. The maximum atomic E-state index is 5.12. The van der Waals surface area contributed by atoms with Gasteiger partial charge in [-0.25, -0.2) is 4.98 Å². The third-order valence-electron chi connectivity index (χ3n) is 4.57. The number of hydrogen-bond acceptors (Lipinski definition) is 4. The topological polar surface area (TPSA) is 38.6 Å². The number of imidazole rings is 1. The number of nitrogens with zero attached hydrogens (tertiary/aromatic N) is 2. The number of fused-ring (bicyclic) bond motifs is 1. The molecule has 1 N–H and O–H groups in total. The van der Waals surface area contributed by atoms with Crippen LogP contribution in [0.3, 0.4) is 0 Å². The number of hydrogen-bond donors (Lipinski definition) is 1. The molecule has 5 heteroatoms. The minimum absolute atomic E-state index is 0.703. The highest BCUT2D eigenvalue weighted by Gasteiger charge is 2.25. The molecular formula is C16H25N3OS. The van der Waals surface area contributed by atoms with E-state index in [0.29, 0.717) is 5.92 Å². The normalized spacial score (nSPS) is 17.8. The van der Waals surface area contributed by atoms with Gasteiger partial charge in [0.1, 0.15) is 0 Å². The van der Waals surface area contributed by atoms with Crippen LogP contribution in [0.1, 0.15) is 31.4 Å². The van der Waals surface area contributed by atoms with Crippen LogP contribution in [0.25, 0.3) is 4.96 Å². The van der Waals surface area contributed by atoms with E-state index < -0.39 is 0 Å². The van der Waals surface area contributed by atoms with Crippen molar-refractivity contribution >= 4 is 16.3 Å². The molecular weight excluding hydrogens is 282 g/mol. The molecule has 0 aliphatic heterocycles. The lowest BCUT2D eigenvalue weighted by Gasteiger charge is -2.23. The van der Waals surface area contributed by atoms with Crippen LogP contribution in [-0.4, -0.2) is 36.2 Å². The van der Waals surface area contributed by atoms with Gasteiger partial charge in [0.25, 0.3) is 0 Å². The first-order valence-electron chi connectivity index (χ1n) is 7.97. The van der Waals surface area contributed by atoms with E-state index in [1.165, 1.54) is 31.4 Å². The molecule has 1 fully saturated rings. The largest absolute Gasteiger partial charge is 0.383 e. The van der Waals surface area contributed by atoms with Crippen LogP contribution in [0, 0.1) is 11.8 Å². The molecule has 3 rings (SSSR count). The van der Waals surface area contributed by atoms with Crippen LogP contribution in [-0.2, 0) is 11.2 Å². The first-order chi connectivity index (χ1) is 10.4. The summed E-state index contributed by atoms with van der Waals surface area (Å²) in [5.74, 6) is 1.56. The number of rotatable bonds is 8. The fourth-order valence-electron chi connectivity index (χ4n) is 3.44. The van der Waals surface area contributed by atoms with E-state index in [9.17, 15) is 0 Å². The fourth-order valence-corrected chi connectivity index (χ4v) is 4.16. The van der Waals surface area contributed by atoms with Gasteiger partial charge in [0.05, 0.1) is 12.3 Å². The molecule has 2 aromatic heterocycles. The first kappa shape index (κ1) is 15.0. The van der Waals surface area contributed by atoms with E-state index in [4.69, 9.17) is 9.72 Å². The molecule has 21 heavy (non-hydrogen) atoms. The Morgan fingerprint density at radius 1 is 1.48 bits per heavy atom. The minimum Gasteiger partial charge on any atom is -0.383 e. The van der Waals surface area contributed by atoms with Gasteiger partial charge in [-0.3, -0.25) is 4.40 Å². The van der Waals surface area contributed by atoms with Crippen molar-refractivity contribution in [3.05, 3.63) is 23.5 Å². The molecule has 1 unspecified atom stereocenters. The summed E-state index contributed by atoms with van der Waals surface area (Å²) in [4.78, 5) is 5.87. The second kappa shape index (κ2) is 7.38. The van der Waals surface area contributed by atoms with E-state index in [2.05, 4.69) is 27.5 Å². The molecule has 1 aliphatic rings. The Hall–Kier alpha value is -0.910. The van der Waals surface area contributed by atoms with Gasteiger partial charge in [0, 0.05) is 31.4 Å². The zero-order valence-corrected chi connectivity index (χ0v) is 13.6. The molecule has 1 aliphatic carbocycles. The van der Waals surface area contributed by atoms with Crippen molar-refractivity contribution < 1.29 is 4.74 Å². The number of thiazole rings is 1. The standard InChI is InChI=1S/C16H25N3OS/c1-20-8-6-17-11-14(13-4-2-3-5-13)10-15-12-19-7-9-21-16(19)18-15/h7,9,12-14,17H,2-6,8,10-11H2,1H3. The lowest BCUT2D eigenvalue weighted by Crippen LogP contribution is -2.31. The average Bonchev–Trinajstić information content (AvgIpc) is 3.17. The highest BCUT2D eigenvalue weighted by Crippen LogP contribution is 2.33. The van der Waals surface area contributed by atoms with Gasteiger partial charge in [0.15, 0.2) is 4.96 Å². The molecule has 0 bridgehead atoms. The fraction of sp³-hybridized carbons (Fsp3) is 0.688. The van der Waals surface area contributed by atoms with Crippen molar-refractivity contribution in [3.63, 3.8) is 0 Å². The number of nitrogens with one attached hydrogen (secondary N) is 1. The summed E-state index contributed by atoms with van der Waals surface area (Å²) in [6, 6.07) is 0. The predicted molar refractivity (Wildman–Crippen MR) is 87.0 cm³/mol. The summed E-state index contributed by atoms with van der Waals surface area (Å²) in [6.07, 6.45) is 11.0. The Kier molecular flexibility index (Phi) is 5.27. The number of methoxy groups -OCH3 is 1. The van der Waals surface area contributed by atoms with E-state index >= 15 is 0 Å². The van der Waals surface area contributed by atoms with Crippen LogP contribution in [0.2, 0.25) is 0 Å². The second-order valence-electron chi connectivity index (χ2n) is 6.03. The molecule has 1 atom stereocenters. The molecule has 0 radical (unpaired) electrons. The summed E-state index contributed by atoms with van der Waals surface area (Å²) in [5, 5.41) is 5.64. The van der Waals surface area contributed by atoms with Gasteiger partial charge in [0.2, 0.25) is 0 Å². The van der Waals surface area contributed by atoms with Gasteiger partial charge in [-0.2, -0.15) is 0 Å². The molecule has 116 valence electrons. The molecule has 0 saturated heterocycles. The third kappa shape index (κ3) is 3.84. The van der Waals surface area contributed by atoms with Crippen molar-refractivity contribution in [2.45, 2.75) is 32.1 Å². The summed E-state index contributed by atoms with van der Waals surface area (Å²) in [5.41, 5.74) is 1.24. The van der Waals surface area contributed by atoms with E-state index in [1.807, 2.05) is 0 Å². The molecule has 0 spiro atoms. The molecule has 1 saturated carbocycles. The Bertz CT molecular complexity index is 516. The summed E-state index contributed by atoms with van der Waals surface area (Å²) >= 11 is 1.71. The minimum atomic E-state index is 0.703. The monoisotopic (exact) mass is 307 g/mol. The third-order valence-corrected chi connectivity index (χ3v) is 5.34. The second-order valence-corrected chi connectivity index (χ2v) is 6.90. The van der Waals surface area contributed by atoms with Gasteiger partial charge in [-0.15, -0.1) is 11.3 Å². The van der Waals surface area contributed by atoms with Gasteiger partial charge in [-0.05, 0) is 24.8 Å². The van der Waals surface area contributed by atoms with Gasteiger partial charge in [-0.1, -0.05) is 25.7 Å². The van der Waals surface area contributed by atoms with Crippen molar-refractivity contribution in [1.82, 2.24) is 14.7 Å². The van der Waals surface area contributed by atoms with E-state index in [1.54, 1.807) is 18.4 Å². The van der Waals surface area contributed by atoms with Crippen LogP contribution < -0.4 is 5.32 Å². The highest BCUT2D eigenvalue weighted by atomic mass is 32.1. The lowest BCUT2D eigenvalue weighted by molar-refractivity contribution is 0.195. The summed E-state index contributed by atoms with van der Waals surface area (Å²) in [7, 11) is 1.76. The van der Waals surface area contributed by atoms with Crippen LogP contribution in [0.5, 0.6) is 0 Å². The average molecular weight is 307 g/mol. The molecule has 0 aromatic carbocycles. The van der Waals surface area contributed by atoms with Crippen molar-refractivity contribution in [2.75, 3.05) is 26.8 Å². The van der Waals surface area contributed by atoms with Gasteiger partial charge < -0.3 is 10.1 Å². The molecule has 2 aromatic rings. The zero-order valence-electron chi connectivity index (χ0n) is 12.8. The summed E-state index contributed by atoms with van der Waals surface area (Å²) < 4.78 is 7.26. The lowest BCUT2D eigenvalue weighted by atomic mass is 9.87. The first-order valence-corrected chi connectivity index (χ1v) is 8.85. The SMILES string of the molecule is COCCNCC(Cc1cn2ccsc2n1)C1CCCC1. The quantitative estimate of drug-likeness (QED) is 0.762. The maximum Gasteiger partial charge on any atom is 0.193 e. The number of ether oxygens (including phenoxy) is 1. The van der Waals surface area contributed by atoms with Crippen molar-refractivity contribution in [3.8, 4) is 0 Å². The molecule has 0 amide bonds. The predicted octanol–water partition coefficient (Wildman–Crippen LogP) is 2.98. The Morgan fingerprint density at radius 3 is 3.10 bits per heavy atom. The van der Waals surface area contributed by atoms with Gasteiger partial charge >= 0.3 is 0 Å². The van der Waals surface area contributed by atoms with Crippen molar-refractivity contribution in [1.29, 1.82) is 0 Å². The van der Waals surface area contributed by atoms with Crippen LogP contribution in [0.4, 0.5) is 0 Å². The molecule has 4 nitrogen and oxygen atoms in total. The Labute approximate surface area is 130 Å². The zero-order chi connectivity index (χ0) is 14.5. The smallest absolute Gasteiger partial charge is 0.193 e. The highest BCUT2D eigenvalue weighted by molar-refractivity contribution is 7.15.